The van der Waals surface area contributed by atoms with Gasteiger partial charge in [-0.2, -0.15) is 0 Å². The van der Waals surface area contributed by atoms with Gasteiger partial charge in [-0.1, -0.05) is 0 Å². The second-order valence-electron chi connectivity index (χ2n) is 9.62. The number of anilines is 3. The third kappa shape index (κ3) is 4.19. The predicted molar refractivity (Wildman–Crippen MR) is 133 cm³/mol. The second kappa shape index (κ2) is 9.20. The maximum Gasteiger partial charge on any atom is 0.414 e. The number of methoxy groups -OCH3 is 1. The standard InChI is InChI=1S/C26H31N5O4/c1-15-14-18(12-13-27-15)28-25-29-23-20-9-4-16(2)30(26(34)35-3)21(20)10-11-22(23)31(25)19-7-5-17(6-8-19)24(32)33/h10-14,16-17,19H,4-9H2,1-3H3,(H,32,33)(H,27,28,29)/t16-,17?,19?/m0/s1. The van der Waals surface area contributed by atoms with Crippen molar-refractivity contribution in [3.63, 3.8) is 0 Å². The number of aromatic nitrogens is 3. The van der Waals surface area contributed by atoms with Gasteiger partial charge in [-0.15, -0.1) is 0 Å². The van der Waals surface area contributed by atoms with Crippen LogP contribution < -0.4 is 10.2 Å². The first-order valence-electron chi connectivity index (χ1n) is 12.2. The Bertz CT molecular complexity index is 1280. The summed E-state index contributed by atoms with van der Waals surface area (Å²) < 4.78 is 7.29. The number of fused-ring (bicyclic) bond motifs is 3. The topological polar surface area (TPSA) is 110 Å². The third-order valence-corrected chi connectivity index (χ3v) is 7.39. The molecule has 5 rings (SSSR count). The van der Waals surface area contributed by atoms with Gasteiger partial charge in [0.2, 0.25) is 5.95 Å². The largest absolute Gasteiger partial charge is 0.481 e. The van der Waals surface area contributed by atoms with E-state index in [0.29, 0.717) is 12.8 Å². The summed E-state index contributed by atoms with van der Waals surface area (Å²) in [5.74, 6) is -0.278. The molecular formula is C26H31N5O4. The van der Waals surface area contributed by atoms with E-state index in [-0.39, 0.29) is 24.1 Å². The molecule has 2 aliphatic rings. The Hall–Kier alpha value is -3.62. The highest BCUT2D eigenvalue weighted by atomic mass is 16.5. The van der Waals surface area contributed by atoms with Gasteiger partial charge in [0.25, 0.3) is 0 Å². The molecule has 0 bridgehead atoms. The van der Waals surface area contributed by atoms with Gasteiger partial charge in [-0.05, 0) is 76.6 Å². The summed E-state index contributed by atoms with van der Waals surface area (Å²) in [6.45, 7) is 3.97. The maximum absolute atomic E-state index is 12.6. The van der Waals surface area contributed by atoms with E-state index in [9.17, 15) is 14.7 Å². The van der Waals surface area contributed by atoms with Crippen molar-refractivity contribution in [1.82, 2.24) is 14.5 Å². The number of carboxylic acid groups (broad SMARTS) is 1. The SMILES string of the molecule is COC(=O)N1c2ccc3c(nc(Nc4ccnc(C)c4)n3C3CCC(C(=O)O)CC3)c2CC[C@@H]1C. The molecule has 1 amide bonds. The molecule has 2 aromatic heterocycles. The summed E-state index contributed by atoms with van der Waals surface area (Å²) in [4.78, 5) is 35.1. The zero-order valence-electron chi connectivity index (χ0n) is 20.3. The molecule has 184 valence electrons. The Kier molecular flexibility index (Phi) is 6.08. The number of hydrogen-bond acceptors (Lipinski definition) is 6. The number of nitrogens with zero attached hydrogens (tertiary/aromatic N) is 4. The first-order chi connectivity index (χ1) is 16.9. The molecule has 1 atom stereocenters. The second-order valence-corrected chi connectivity index (χ2v) is 9.62. The summed E-state index contributed by atoms with van der Waals surface area (Å²) >= 11 is 0. The van der Waals surface area contributed by atoms with E-state index >= 15 is 0 Å². The van der Waals surface area contributed by atoms with E-state index in [2.05, 4.69) is 14.9 Å². The van der Waals surface area contributed by atoms with Crippen LogP contribution in [0.2, 0.25) is 0 Å². The average Bonchev–Trinajstić information content (AvgIpc) is 3.21. The molecule has 1 aliphatic carbocycles. The lowest BCUT2D eigenvalue weighted by molar-refractivity contribution is -0.143. The van der Waals surface area contributed by atoms with Crippen LogP contribution in [-0.4, -0.2) is 44.9 Å². The fraction of sp³-hybridized carbons (Fsp3) is 0.462. The summed E-state index contributed by atoms with van der Waals surface area (Å²) in [7, 11) is 1.41. The molecule has 3 aromatic rings. The molecule has 1 fully saturated rings. The van der Waals surface area contributed by atoms with Crippen molar-refractivity contribution in [2.24, 2.45) is 5.92 Å². The van der Waals surface area contributed by atoms with Crippen molar-refractivity contribution >= 4 is 40.4 Å². The summed E-state index contributed by atoms with van der Waals surface area (Å²) in [5, 5.41) is 13.0. The number of imidazole rings is 1. The molecule has 0 unspecified atom stereocenters. The Morgan fingerprint density at radius 1 is 1.14 bits per heavy atom. The highest BCUT2D eigenvalue weighted by Crippen LogP contribution is 2.41. The Labute approximate surface area is 204 Å². The van der Waals surface area contributed by atoms with Crippen LogP contribution in [0.1, 0.15) is 56.3 Å². The van der Waals surface area contributed by atoms with Gasteiger partial charge in [0, 0.05) is 35.2 Å². The lowest BCUT2D eigenvalue weighted by Crippen LogP contribution is -2.42. The fourth-order valence-electron chi connectivity index (χ4n) is 5.57. The molecule has 0 spiro atoms. The lowest BCUT2D eigenvalue weighted by Gasteiger charge is -2.34. The number of benzene rings is 1. The lowest BCUT2D eigenvalue weighted by atomic mass is 9.86. The molecule has 35 heavy (non-hydrogen) atoms. The molecule has 0 saturated heterocycles. The van der Waals surface area contributed by atoms with E-state index in [1.165, 1.54) is 7.11 Å². The molecule has 3 heterocycles. The molecule has 9 nitrogen and oxygen atoms in total. The monoisotopic (exact) mass is 477 g/mol. The highest BCUT2D eigenvalue weighted by Gasteiger charge is 2.33. The summed E-state index contributed by atoms with van der Waals surface area (Å²) in [5.41, 5.74) is 5.55. The van der Waals surface area contributed by atoms with Crippen LogP contribution in [0.15, 0.2) is 30.5 Å². The van der Waals surface area contributed by atoms with Crippen LogP contribution in [0.4, 0.5) is 22.1 Å². The first-order valence-corrected chi connectivity index (χ1v) is 12.2. The van der Waals surface area contributed by atoms with E-state index in [4.69, 9.17) is 9.72 Å². The zero-order chi connectivity index (χ0) is 24.7. The first kappa shape index (κ1) is 23.1. The van der Waals surface area contributed by atoms with Crippen LogP contribution >= 0.6 is 0 Å². The number of nitrogens with one attached hydrogen (secondary N) is 1. The number of aliphatic carboxylic acids is 1. The van der Waals surface area contributed by atoms with Gasteiger partial charge in [0.15, 0.2) is 0 Å². The van der Waals surface area contributed by atoms with Gasteiger partial charge in [-0.25, -0.2) is 9.78 Å². The van der Waals surface area contributed by atoms with Crippen LogP contribution in [0, 0.1) is 12.8 Å². The minimum atomic E-state index is -0.712. The number of carboxylic acids is 1. The smallest absolute Gasteiger partial charge is 0.414 e. The van der Waals surface area contributed by atoms with Crippen molar-refractivity contribution < 1.29 is 19.4 Å². The molecule has 1 aliphatic heterocycles. The van der Waals surface area contributed by atoms with E-state index in [1.54, 1.807) is 11.1 Å². The number of amides is 1. The van der Waals surface area contributed by atoms with Crippen molar-refractivity contribution in [3.8, 4) is 0 Å². The van der Waals surface area contributed by atoms with Crippen LogP contribution in [0.5, 0.6) is 0 Å². The van der Waals surface area contributed by atoms with Gasteiger partial charge < -0.3 is 19.7 Å². The van der Waals surface area contributed by atoms with Crippen molar-refractivity contribution in [3.05, 3.63) is 41.7 Å². The number of carbonyl (C=O) groups excluding carboxylic acids is 1. The highest BCUT2D eigenvalue weighted by molar-refractivity contribution is 5.96. The van der Waals surface area contributed by atoms with Crippen LogP contribution in [0.25, 0.3) is 11.0 Å². The molecule has 9 heteroatoms. The van der Waals surface area contributed by atoms with Crippen LogP contribution in [-0.2, 0) is 16.0 Å². The van der Waals surface area contributed by atoms with Crippen LogP contribution in [0.3, 0.4) is 0 Å². The molecule has 1 saturated carbocycles. The molecule has 1 aromatic carbocycles. The minimum Gasteiger partial charge on any atom is -0.481 e. The Balaban J connectivity index is 1.62. The Morgan fingerprint density at radius 3 is 2.60 bits per heavy atom. The van der Waals surface area contributed by atoms with Gasteiger partial charge in [-0.3, -0.25) is 14.7 Å². The normalized spacial score (nSPS) is 22.0. The quantitative estimate of drug-likeness (QED) is 0.531. The minimum absolute atomic E-state index is 0.0400. The van der Waals surface area contributed by atoms with E-state index in [0.717, 1.165) is 65.3 Å². The van der Waals surface area contributed by atoms with Gasteiger partial charge in [0.05, 0.1) is 29.7 Å². The number of hydrogen-bond donors (Lipinski definition) is 2. The van der Waals surface area contributed by atoms with Crippen molar-refractivity contribution in [2.45, 2.75) is 64.5 Å². The number of aryl methyl sites for hydroxylation is 2. The third-order valence-electron chi connectivity index (χ3n) is 7.39. The van der Waals surface area contributed by atoms with E-state index in [1.807, 2.05) is 38.1 Å². The van der Waals surface area contributed by atoms with Gasteiger partial charge in [0.1, 0.15) is 0 Å². The number of carbonyl (C=O) groups is 2. The zero-order valence-corrected chi connectivity index (χ0v) is 20.3. The van der Waals surface area contributed by atoms with E-state index < -0.39 is 5.97 Å². The number of rotatable bonds is 4. The molecular weight excluding hydrogens is 446 g/mol. The predicted octanol–water partition coefficient (Wildman–Crippen LogP) is 5.21. The maximum atomic E-state index is 12.6. The average molecular weight is 478 g/mol. The molecule has 0 radical (unpaired) electrons. The molecule has 2 N–H and O–H groups in total. The summed E-state index contributed by atoms with van der Waals surface area (Å²) in [6, 6.07) is 8.08. The van der Waals surface area contributed by atoms with Crippen molar-refractivity contribution in [2.75, 3.05) is 17.3 Å². The fourth-order valence-corrected chi connectivity index (χ4v) is 5.57. The Morgan fingerprint density at radius 2 is 1.91 bits per heavy atom. The summed E-state index contributed by atoms with van der Waals surface area (Å²) in [6.07, 6.45) is 5.87. The van der Waals surface area contributed by atoms with Crippen molar-refractivity contribution in [1.29, 1.82) is 0 Å². The number of ether oxygens (including phenoxy) is 1. The number of pyridine rings is 1. The van der Waals surface area contributed by atoms with Gasteiger partial charge >= 0.3 is 12.1 Å².